The first-order valence-electron chi connectivity index (χ1n) is 27.2. The van der Waals surface area contributed by atoms with Gasteiger partial charge in [-0.05, 0) is 83.5 Å². The largest absolute Gasteiger partial charge is 0.462 e. The van der Waals surface area contributed by atoms with Gasteiger partial charge in [0.05, 0.1) is 0 Å². The maximum atomic E-state index is 12.8. The highest BCUT2D eigenvalue weighted by molar-refractivity contribution is 5.71. The molecule has 0 aliphatic heterocycles. The van der Waals surface area contributed by atoms with Gasteiger partial charge >= 0.3 is 17.9 Å². The summed E-state index contributed by atoms with van der Waals surface area (Å²) in [5.41, 5.74) is 0. The number of carbonyl (C=O) groups excluding carboxylic acids is 3. The van der Waals surface area contributed by atoms with Crippen molar-refractivity contribution in [3.05, 3.63) is 122 Å². The lowest BCUT2D eigenvalue weighted by atomic mass is 10.1. The molecule has 0 amide bonds. The number of carbonyl (C=O) groups is 3. The Bertz CT molecular complexity index is 1440. The minimum atomic E-state index is -0.809. The fourth-order valence-electron chi connectivity index (χ4n) is 7.05. The molecule has 0 spiro atoms. The zero-order valence-electron chi connectivity index (χ0n) is 43.1. The Morgan fingerprint density at radius 1 is 0.313 bits per heavy atom. The van der Waals surface area contributed by atoms with E-state index in [1.807, 2.05) is 24.3 Å². The molecule has 0 fully saturated rings. The molecule has 0 N–H and O–H groups in total. The van der Waals surface area contributed by atoms with Gasteiger partial charge in [-0.3, -0.25) is 14.4 Å². The molecule has 0 aromatic rings. The van der Waals surface area contributed by atoms with E-state index in [2.05, 4.69) is 118 Å². The van der Waals surface area contributed by atoms with Crippen LogP contribution in [0.5, 0.6) is 0 Å². The fraction of sp³-hybridized carbons (Fsp3) is 0.623. The lowest BCUT2D eigenvalue weighted by molar-refractivity contribution is -0.167. The van der Waals surface area contributed by atoms with E-state index < -0.39 is 6.10 Å². The molecule has 0 rings (SSSR count). The third-order valence-corrected chi connectivity index (χ3v) is 11.1. The van der Waals surface area contributed by atoms with Crippen LogP contribution in [0.3, 0.4) is 0 Å². The van der Waals surface area contributed by atoms with Crippen molar-refractivity contribution < 1.29 is 28.6 Å². The summed E-state index contributed by atoms with van der Waals surface area (Å²) < 4.78 is 16.8. The van der Waals surface area contributed by atoms with Crippen LogP contribution in [0, 0.1) is 0 Å². The van der Waals surface area contributed by atoms with Crippen molar-refractivity contribution in [2.75, 3.05) is 13.2 Å². The molecule has 6 heteroatoms. The first kappa shape index (κ1) is 62.8. The maximum Gasteiger partial charge on any atom is 0.306 e. The normalized spacial score (nSPS) is 13.1. The Balaban J connectivity index is 4.51. The van der Waals surface area contributed by atoms with Gasteiger partial charge in [0.1, 0.15) is 13.2 Å². The van der Waals surface area contributed by atoms with Gasteiger partial charge in [-0.2, -0.15) is 0 Å². The molecule has 0 aromatic carbocycles. The van der Waals surface area contributed by atoms with Crippen LogP contribution in [0.15, 0.2) is 122 Å². The molecular weight excluding hydrogens is 829 g/mol. The molecule has 0 aliphatic rings. The highest BCUT2D eigenvalue weighted by Gasteiger charge is 2.19. The number of hydrogen-bond acceptors (Lipinski definition) is 6. The summed E-state index contributed by atoms with van der Waals surface area (Å²) in [5.74, 6) is -0.971. The summed E-state index contributed by atoms with van der Waals surface area (Å²) >= 11 is 0. The van der Waals surface area contributed by atoms with Gasteiger partial charge in [-0.1, -0.05) is 245 Å². The maximum absolute atomic E-state index is 12.8. The third-order valence-electron chi connectivity index (χ3n) is 11.1. The Labute approximate surface area is 412 Å². The second kappa shape index (κ2) is 54.4. The molecule has 0 saturated carbocycles. The van der Waals surface area contributed by atoms with E-state index >= 15 is 0 Å². The van der Waals surface area contributed by atoms with E-state index in [0.29, 0.717) is 19.3 Å². The first-order valence-corrected chi connectivity index (χ1v) is 27.2. The standard InChI is InChI=1S/C61H98O6/c1-4-7-10-13-16-19-22-25-27-29-31-33-36-39-42-45-48-51-54-60(63)66-57-58(56-65-59(62)53-50-47-44-41-38-35-24-21-18-15-12-9-6-3)67-61(64)55-52-49-46-43-40-37-34-32-30-28-26-23-20-17-14-11-8-5-2/h9-10,12-13,15-16,18-19,21-22,24-25,27-34,58H,4-8,11,14,17,20,23,26,35-57H2,1-3H3/b12-9+,13-10+,18-15+,19-16+,24-21+,25-22+,29-27+,30-28+,33-31+,34-32+. The van der Waals surface area contributed by atoms with Gasteiger partial charge in [0.2, 0.25) is 0 Å². The zero-order chi connectivity index (χ0) is 48.6. The van der Waals surface area contributed by atoms with Crippen LogP contribution in [-0.2, 0) is 28.6 Å². The van der Waals surface area contributed by atoms with Crippen LogP contribution in [0.1, 0.15) is 226 Å². The Morgan fingerprint density at radius 3 is 0.985 bits per heavy atom. The third kappa shape index (κ3) is 52.6. The van der Waals surface area contributed by atoms with Gasteiger partial charge in [0.15, 0.2) is 6.10 Å². The summed E-state index contributed by atoms with van der Waals surface area (Å²) in [7, 11) is 0. The van der Waals surface area contributed by atoms with Crippen LogP contribution in [0.25, 0.3) is 0 Å². The monoisotopic (exact) mass is 927 g/mol. The molecule has 0 radical (unpaired) electrons. The molecule has 1 unspecified atom stereocenters. The molecule has 0 heterocycles. The molecule has 67 heavy (non-hydrogen) atoms. The molecule has 0 aromatic heterocycles. The lowest BCUT2D eigenvalue weighted by Crippen LogP contribution is -2.30. The zero-order valence-corrected chi connectivity index (χ0v) is 43.1. The van der Waals surface area contributed by atoms with Crippen molar-refractivity contribution in [1.82, 2.24) is 0 Å². The predicted molar refractivity (Wildman–Crippen MR) is 288 cm³/mol. The number of unbranched alkanes of at least 4 members (excludes halogenated alkanes) is 23. The van der Waals surface area contributed by atoms with Gasteiger partial charge in [0, 0.05) is 19.3 Å². The SMILES string of the molecule is CC/C=C/C=C/C=C/CCCCCCCC(=O)OCC(COC(=O)CCCCCCC/C=C/C=C/C=C/C=C/C=C/CCC)OC(=O)CCCCCCC/C=C/C=C/CCCCCCCCC. The smallest absolute Gasteiger partial charge is 0.306 e. The molecule has 1 atom stereocenters. The van der Waals surface area contributed by atoms with Crippen molar-refractivity contribution in [3.63, 3.8) is 0 Å². The molecule has 0 aliphatic carbocycles. The summed E-state index contributed by atoms with van der Waals surface area (Å²) in [4.78, 5) is 38.1. The highest BCUT2D eigenvalue weighted by Crippen LogP contribution is 2.13. The van der Waals surface area contributed by atoms with Crippen molar-refractivity contribution in [2.45, 2.75) is 232 Å². The van der Waals surface area contributed by atoms with E-state index in [1.165, 1.54) is 57.8 Å². The highest BCUT2D eigenvalue weighted by atomic mass is 16.6. The number of esters is 3. The topological polar surface area (TPSA) is 78.9 Å². The Morgan fingerprint density at radius 2 is 0.612 bits per heavy atom. The van der Waals surface area contributed by atoms with Crippen molar-refractivity contribution in [2.24, 2.45) is 0 Å². The van der Waals surface area contributed by atoms with Gasteiger partial charge in [-0.15, -0.1) is 0 Å². The molecule has 0 saturated heterocycles. The Kier molecular flexibility index (Phi) is 51.0. The molecular formula is C61H98O6. The summed E-state index contributed by atoms with van der Waals surface area (Å²) in [5, 5.41) is 0. The first-order chi connectivity index (χ1) is 33.0. The van der Waals surface area contributed by atoms with E-state index in [9.17, 15) is 14.4 Å². The van der Waals surface area contributed by atoms with Crippen LogP contribution in [0.2, 0.25) is 0 Å². The number of allylic oxidation sites excluding steroid dienone is 20. The van der Waals surface area contributed by atoms with E-state index in [4.69, 9.17) is 14.2 Å². The summed E-state index contributed by atoms with van der Waals surface area (Å²) in [6, 6.07) is 0. The average molecular weight is 927 g/mol. The second-order valence-electron chi connectivity index (χ2n) is 17.6. The minimum absolute atomic E-state index is 0.107. The number of rotatable bonds is 47. The van der Waals surface area contributed by atoms with Gasteiger partial charge < -0.3 is 14.2 Å². The molecule has 378 valence electrons. The van der Waals surface area contributed by atoms with Crippen molar-refractivity contribution >= 4 is 17.9 Å². The van der Waals surface area contributed by atoms with Crippen molar-refractivity contribution in [3.8, 4) is 0 Å². The van der Waals surface area contributed by atoms with Gasteiger partial charge in [-0.25, -0.2) is 0 Å². The van der Waals surface area contributed by atoms with Crippen LogP contribution in [-0.4, -0.2) is 37.2 Å². The Hall–Kier alpha value is -4.19. The minimum Gasteiger partial charge on any atom is -0.462 e. The van der Waals surface area contributed by atoms with Crippen LogP contribution in [0.4, 0.5) is 0 Å². The fourth-order valence-corrected chi connectivity index (χ4v) is 7.05. The summed E-state index contributed by atoms with van der Waals surface area (Å²) in [6.07, 6.45) is 74.6. The van der Waals surface area contributed by atoms with Gasteiger partial charge in [0.25, 0.3) is 0 Å². The van der Waals surface area contributed by atoms with Crippen LogP contribution >= 0.6 is 0 Å². The average Bonchev–Trinajstić information content (AvgIpc) is 3.33. The second-order valence-corrected chi connectivity index (χ2v) is 17.6. The molecule has 6 nitrogen and oxygen atoms in total. The summed E-state index contributed by atoms with van der Waals surface area (Å²) in [6.45, 7) is 6.35. The van der Waals surface area contributed by atoms with Crippen molar-refractivity contribution in [1.29, 1.82) is 0 Å². The number of hydrogen-bond donors (Lipinski definition) is 0. The predicted octanol–water partition coefficient (Wildman–Crippen LogP) is 18.1. The van der Waals surface area contributed by atoms with E-state index in [0.717, 1.165) is 128 Å². The molecule has 0 bridgehead atoms. The lowest BCUT2D eigenvalue weighted by Gasteiger charge is -2.18. The quantitative estimate of drug-likeness (QED) is 0.0262. The number of ether oxygens (including phenoxy) is 3. The van der Waals surface area contributed by atoms with E-state index in [-0.39, 0.29) is 31.1 Å². The van der Waals surface area contributed by atoms with Crippen LogP contribution < -0.4 is 0 Å². The van der Waals surface area contributed by atoms with E-state index in [1.54, 1.807) is 0 Å².